The zero-order chi connectivity index (χ0) is 21.3. The topological polar surface area (TPSA) is 193 Å². The Labute approximate surface area is 162 Å². The van der Waals surface area contributed by atoms with Crippen molar-refractivity contribution < 1.29 is 24.3 Å². The number of hydrogen-bond acceptors (Lipinski definition) is 6. The Morgan fingerprint density at radius 2 is 1.93 bits per heavy atom. The molecular formula is C17H28N6O5. The zero-order valence-electron chi connectivity index (χ0n) is 16.0. The van der Waals surface area contributed by atoms with Crippen LogP contribution in [0.5, 0.6) is 0 Å². The average Bonchev–Trinajstić information content (AvgIpc) is 3.15. The SMILES string of the molecule is CCC(C)C(NC(=O)C(Cc1cnc[nH]1)NC(=O)C(N)CCC(N)=O)C(=O)O. The van der Waals surface area contributed by atoms with E-state index >= 15 is 0 Å². The number of carboxylic acids is 1. The van der Waals surface area contributed by atoms with Gasteiger partial charge >= 0.3 is 5.97 Å². The molecule has 0 aromatic carbocycles. The maximum Gasteiger partial charge on any atom is 0.326 e. The Hall–Kier alpha value is -2.95. The van der Waals surface area contributed by atoms with Gasteiger partial charge < -0.3 is 32.2 Å². The second-order valence-corrected chi connectivity index (χ2v) is 6.66. The Kier molecular flexibility index (Phi) is 9.09. The summed E-state index contributed by atoms with van der Waals surface area (Å²) in [5.41, 5.74) is 11.4. The van der Waals surface area contributed by atoms with Gasteiger partial charge in [0.05, 0.1) is 12.4 Å². The highest BCUT2D eigenvalue weighted by Gasteiger charge is 2.30. The number of aromatic amines is 1. The number of nitrogens with one attached hydrogen (secondary N) is 3. The summed E-state index contributed by atoms with van der Waals surface area (Å²) in [4.78, 5) is 54.0. The second kappa shape index (κ2) is 11.0. The van der Waals surface area contributed by atoms with Gasteiger partial charge in [-0.3, -0.25) is 14.4 Å². The molecule has 0 fully saturated rings. The minimum atomic E-state index is -1.16. The number of rotatable bonds is 12. The fraction of sp³-hybridized carbons (Fsp3) is 0.588. The van der Waals surface area contributed by atoms with Crippen LogP contribution in [-0.2, 0) is 25.6 Å². The molecule has 3 amide bonds. The lowest BCUT2D eigenvalue weighted by Gasteiger charge is -2.25. The Morgan fingerprint density at radius 3 is 2.43 bits per heavy atom. The highest BCUT2D eigenvalue weighted by molar-refractivity contribution is 5.92. The number of aromatic nitrogens is 2. The molecule has 1 aromatic heterocycles. The van der Waals surface area contributed by atoms with E-state index in [1.165, 1.54) is 12.5 Å². The Morgan fingerprint density at radius 1 is 1.25 bits per heavy atom. The van der Waals surface area contributed by atoms with Crippen LogP contribution in [0.1, 0.15) is 38.8 Å². The van der Waals surface area contributed by atoms with Crippen LogP contribution in [0.2, 0.25) is 0 Å². The summed E-state index contributed by atoms with van der Waals surface area (Å²) < 4.78 is 0. The number of carbonyl (C=O) groups is 4. The third-order valence-corrected chi connectivity index (χ3v) is 4.43. The van der Waals surface area contributed by atoms with E-state index in [9.17, 15) is 24.3 Å². The molecule has 0 saturated heterocycles. The quantitative estimate of drug-likeness (QED) is 0.251. The number of nitrogens with two attached hydrogens (primary N) is 2. The molecule has 0 aliphatic carbocycles. The van der Waals surface area contributed by atoms with E-state index in [0.29, 0.717) is 12.1 Å². The summed E-state index contributed by atoms with van der Waals surface area (Å²) >= 11 is 0. The first kappa shape index (κ1) is 23.1. The maximum atomic E-state index is 12.7. The van der Waals surface area contributed by atoms with Crippen LogP contribution in [0, 0.1) is 5.92 Å². The van der Waals surface area contributed by atoms with Gasteiger partial charge in [0.1, 0.15) is 12.1 Å². The predicted octanol–water partition coefficient (Wildman–Crippen LogP) is -1.35. The summed E-state index contributed by atoms with van der Waals surface area (Å²) in [7, 11) is 0. The van der Waals surface area contributed by atoms with Crippen LogP contribution in [-0.4, -0.2) is 56.9 Å². The second-order valence-electron chi connectivity index (χ2n) is 6.66. The summed E-state index contributed by atoms with van der Waals surface area (Å²) in [6.07, 6.45) is 3.48. The van der Waals surface area contributed by atoms with E-state index in [2.05, 4.69) is 20.6 Å². The van der Waals surface area contributed by atoms with Crippen molar-refractivity contribution in [1.29, 1.82) is 0 Å². The van der Waals surface area contributed by atoms with Crippen molar-refractivity contribution in [3.8, 4) is 0 Å². The molecule has 11 nitrogen and oxygen atoms in total. The number of nitrogens with zero attached hydrogens (tertiary/aromatic N) is 1. The molecule has 0 aliphatic heterocycles. The molecule has 0 spiro atoms. The minimum Gasteiger partial charge on any atom is -0.480 e. The number of H-pyrrole nitrogens is 1. The average molecular weight is 396 g/mol. The van der Waals surface area contributed by atoms with Crippen molar-refractivity contribution in [2.24, 2.45) is 17.4 Å². The Bertz CT molecular complexity index is 678. The molecule has 0 saturated carbocycles. The molecule has 1 aromatic rings. The lowest BCUT2D eigenvalue weighted by molar-refractivity contribution is -0.143. The van der Waals surface area contributed by atoms with Crippen LogP contribution < -0.4 is 22.1 Å². The van der Waals surface area contributed by atoms with Crippen LogP contribution in [0.15, 0.2) is 12.5 Å². The summed E-state index contributed by atoms with van der Waals surface area (Å²) in [6.45, 7) is 3.52. The predicted molar refractivity (Wildman–Crippen MR) is 99.6 cm³/mol. The number of imidazole rings is 1. The molecule has 0 aliphatic rings. The molecule has 0 bridgehead atoms. The van der Waals surface area contributed by atoms with Gasteiger partial charge in [0.25, 0.3) is 0 Å². The van der Waals surface area contributed by atoms with Crippen LogP contribution in [0.4, 0.5) is 0 Å². The standard InChI is InChI=1S/C17H28N6O5/c1-3-9(2)14(17(27)28)23-16(26)12(6-10-7-20-8-21-10)22-15(25)11(18)4-5-13(19)24/h7-9,11-12,14H,3-6,18H2,1-2H3,(H2,19,24)(H,20,21)(H,22,25)(H,23,26)(H,27,28). The summed E-state index contributed by atoms with van der Waals surface area (Å²) in [5.74, 6) is -3.35. The summed E-state index contributed by atoms with van der Waals surface area (Å²) in [5, 5.41) is 14.4. The monoisotopic (exact) mass is 396 g/mol. The number of hydrogen-bond donors (Lipinski definition) is 6. The molecule has 4 unspecified atom stereocenters. The highest BCUT2D eigenvalue weighted by atomic mass is 16.4. The molecule has 0 radical (unpaired) electrons. The van der Waals surface area contributed by atoms with Gasteiger partial charge in [0.15, 0.2) is 0 Å². The highest BCUT2D eigenvalue weighted by Crippen LogP contribution is 2.09. The van der Waals surface area contributed by atoms with Gasteiger partial charge in [-0.25, -0.2) is 9.78 Å². The van der Waals surface area contributed by atoms with E-state index in [0.717, 1.165) is 0 Å². The van der Waals surface area contributed by atoms with E-state index in [-0.39, 0.29) is 25.2 Å². The fourth-order valence-electron chi connectivity index (χ4n) is 2.47. The third kappa shape index (κ3) is 7.35. The molecular weight excluding hydrogens is 368 g/mol. The van der Waals surface area contributed by atoms with Gasteiger partial charge in [0, 0.05) is 24.7 Å². The summed E-state index contributed by atoms with van der Waals surface area (Å²) in [6, 6.07) is -3.20. The molecule has 8 N–H and O–H groups in total. The first-order valence-corrected chi connectivity index (χ1v) is 9.00. The molecule has 4 atom stereocenters. The van der Waals surface area contributed by atoms with E-state index in [1.807, 2.05) is 6.92 Å². The normalized spacial score (nSPS) is 15.1. The number of amides is 3. The number of carbonyl (C=O) groups excluding carboxylic acids is 3. The van der Waals surface area contributed by atoms with Gasteiger partial charge in [-0.15, -0.1) is 0 Å². The van der Waals surface area contributed by atoms with Gasteiger partial charge in [0.2, 0.25) is 17.7 Å². The first-order valence-electron chi connectivity index (χ1n) is 9.00. The van der Waals surface area contributed by atoms with Gasteiger partial charge in [-0.1, -0.05) is 20.3 Å². The smallest absolute Gasteiger partial charge is 0.326 e. The number of primary amides is 1. The minimum absolute atomic E-state index is 0.0319. The molecule has 28 heavy (non-hydrogen) atoms. The number of aliphatic carboxylic acids is 1. The molecule has 1 heterocycles. The lowest BCUT2D eigenvalue weighted by Crippen LogP contribution is -2.56. The first-order chi connectivity index (χ1) is 13.1. The van der Waals surface area contributed by atoms with Crippen LogP contribution in [0.25, 0.3) is 0 Å². The van der Waals surface area contributed by atoms with E-state index < -0.39 is 41.8 Å². The van der Waals surface area contributed by atoms with Crippen molar-refractivity contribution in [2.45, 2.75) is 57.7 Å². The lowest BCUT2D eigenvalue weighted by atomic mass is 9.98. The Balaban J connectivity index is 2.88. The van der Waals surface area contributed by atoms with Crippen molar-refractivity contribution in [3.63, 3.8) is 0 Å². The van der Waals surface area contributed by atoms with Gasteiger partial charge in [-0.05, 0) is 12.3 Å². The number of carboxylic acid groups (broad SMARTS) is 1. The largest absolute Gasteiger partial charge is 0.480 e. The van der Waals surface area contributed by atoms with E-state index in [4.69, 9.17) is 11.5 Å². The van der Waals surface area contributed by atoms with Crippen molar-refractivity contribution in [2.75, 3.05) is 0 Å². The van der Waals surface area contributed by atoms with Crippen molar-refractivity contribution in [3.05, 3.63) is 18.2 Å². The zero-order valence-corrected chi connectivity index (χ0v) is 16.0. The fourth-order valence-corrected chi connectivity index (χ4v) is 2.47. The van der Waals surface area contributed by atoms with Crippen molar-refractivity contribution in [1.82, 2.24) is 20.6 Å². The maximum absolute atomic E-state index is 12.7. The van der Waals surface area contributed by atoms with Gasteiger partial charge in [-0.2, -0.15) is 0 Å². The van der Waals surface area contributed by atoms with Crippen LogP contribution in [0.3, 0.4) is 0 Å². The van der Waals surface area contributed by atoms with Crippen molar-refractivity contribution >= 4 is 23.7 Å². The molecule has 11 heteroatoms. The van der Waals surface area contributed by atoms with E-state index in [1.54, 1.807) is 6.92 Å². The van der Waals surface area contributed by atoms with Crippen LogP contribution >= 0.6 is 0 Å². The third-order valence-electron chi connectivity index (χ3n) is 4.43. The molecule has 1 rings (SSSR count). The molecule has 156 valence electrons.